The molecule has 2 aromatic rings. The fraction of sp³-hybridized carbons (Fsp3) is 0.211. The summed E-state index contributed by atoms with van der Waals surface area (Å²) in [5.74, 6) is -0.277. The minimum atomic E-state index is -2.91. The van der Waals surface area contributed by atoms with Gasteiger partial charge in [0.2, 0.25) is 5.91 Å². The highest BCUT2D eigenvalue weighted by atomic mass is 19.3. The van der Waals surface area contributed by atoms with Gasteiger partial charge in [-0.05, 0) is 37.1 Å². The fourth-order valence-electron chi connectivity index (χ4n) is 2.40. The van der Waals surface area contributed by atoms with E-state index in [9.17, 15) is 13.6 Å². The van der Waals surface area contributed by atoms with E-state index >= 15 is 0 Å². The average molecular weight is 331 g/mol. The second-order valence-electron chi connectivity index (χ2n) is 5.34. The molecule has 0 heterocycles. The maximum Gasteiger partial charge on any atom is 0.387 e. The smallest absolute Gasteiger partial charge is 0.387 e. The van der Waals surface area contributed by atoms with E-state index in [2.05, 4.69) is 10.1 Å². The number of nitrogens with one attached hydrogen (secondary N) is 1. The van der Waals surface area contributed by atoms with Crippen molar-refractivity contribution in [1.82, 2.24) is 5.32 Å². The summed E-state index contributed by atoms with van der Waals surface area (Å²) in [5.41, 5.74) is 2.53. The van der Waals surface area contributed by atoms with Gasteiger partial charge in [-0.3, -0.25) is 4.79 Å². The van der Waals surface area contributed by atoms with Gasteiger partial charge in [-0.2, -0.15) is 8.78 Å². The number of ether oxygens (including phenoxy) is 1. The van der Waals surface area contributed by atoms with Crippen molar-refractivity contribution >= 4 is 12.0 Å². The third-order valence-corrected chi connectivity index (χ3v) is 3.56. The Morgan fingerprint density at radius 2 is 1.79 bits per heavy atom. The molecule has 0 spiro atoms. The molecule has 3 nitrogen and oxygen atoms in total. The van der Waals surface area contributed by atoms with Crippen molar-refractivity contribution in [2.75, 3.05) is 0 Å². The van der Waals surface area contributed by atoms with E-state index in [1.165, 1.54) is 18.2 Å². The van der Waals surface area contributed by atoms with Crippen LogP contribution in [-0.2, 0) is 4.79 Å². The molecule has 1 N–H and O–H groups in total. The Labute approximate surface area is 140 Å². The number of benzene rings is 2. The number of carbonyl (C=O) groups excluding carboxylic acids is 1. The summed E-state index contributed by atoms with van der Waals surface area (Å²) in [6, 6.07) is 13.9. The maximum atomic E-state index is 12.4. The van der Waals surface area contributed by atoms with E-state index in [1.807, 2.05) is 38.1 Å². The van der Waals surface area contributed by atoms with Crippen LogP contribution in [0.1, 0.15) is 29.7 Å². The van der Waals surface area contributed by atoms with Crippen molar-refractivity contribution in [2.24, 2.45) is 0 Å². The Morgan fingerprint density at radius 1 is 1.12 bits per heavy atom. The summed E-state index contributed by atoms with van der Waals surface area (Å²) in [4.78, 5) is 12.1. The van der Waals surface area contributed by atoms with Crippen LogP contribution in [0.4, 0.5) is 8.78 Å². The Hall–Kier alpha value is -2.69. The molecule has 126 valence electrons. The second kappa shape index (κ2) is 8.24. The minimum absolute atomic E-state index is 0.0310. The Kier molecular flexibility index (Phi) is 6.07. The summed E-state index contributed by atoms with van der Waals surface area (Å²) in [6.07, 6.45) is 2.76. The minimum Gasteiger partial charge on any atom is -0.434 e. The van der Waals surface area contributed by atoms with Crippen LogP contribution in [-0.4, -0.2) is 12.5 Å². The van der Waals surface area contributed by atoms with Crippen LogP contribution in [0.5, 0.6) is 5.75 Å². The summed E-state index contributed by atoms with van der Waals surface area (Å²) < 4.78 is 29.2. The summed E-state index contributed by atoms with van der Waals surface area (Å²) in [6.45, 7) is 0.961. The van der Waals surface area contributed by atoms with Gasteiger partial charge >= 0.3 is 6.61 Å². The molecule has 0 bridgehead atoms. The van der Waals surface area contributed by atoms with E-state index in [0.29, 0.717) is 5.56 Å². The number of halogens is 2. The SMILES string of the molecule is Cc1ccccc1C(C)NC(=O)/C=C/c1ccccc1OC(F)F. The molecule has 0 aromatic heterocycles. The molecule has 0 aliphatic heterocycles. The Balaban J connectivity index is 2.05. The van der Waals surface area contributed by atoms with Crippen molar-refractivity contribution in [3.05, 3.63) is 71.3 Å². The third-order valence-electron chi connectivity index (χ3n) is 3.56. The quantitative estimate of drug-likeness (QED) is 0.792. The zero-order valence-corrected chi connectivity index (χ0v) is 13.5. The van der Waals surface area contributed by atoms with E-state index < -0.39 is 6.61 Å². The number of alkyl halides is 2. The fourth-order valence-corrected chi connectivity index (χ4v) is 2.40. The highest BCUT2D eigenvalue weighted by Crippen LogP contribution is 2.21. The van der Waals surface area contributed by atoms with Crippen LogP contribution < -0.4 is 10.1 Å². The Bertz CT molecular complexity index is 729. The summed E-state index contributed by atoms with van der Waals surface area (Å²) >= 11 is 0. The van der Waals surface area contributed by atoms with Crippen molar-refractivity contribution in [3.8, 4) is 5.75 Å². The van der Waals surface area contributed by atoms with Crippen LogP contribution in [0.15, 0.2) is 54.6 Å². The monoisotopic (exact) mass is 331 g/mol. The molecular weight excluding hydrogens is 312 g/mol. The van der Waals surface area contributed by atoms with E-state index in [0.717, 1.165) is 11.1 Å². The van der Waals surface area contributed by atoms with Crippen molar-refractivity contribution in [3.63, 3.8) is 0 Å². The number of hydrogen-bond acceptors (Lipinski definition) is 2. The molecule has 0 saturated heterocycles. The molecule has 2 rings (SSSR count). The topological polar surface area (TPSA) is 38.3 Å². The molecule has 0 aliphatic carbocycles. The zero-order chi connectivity index (χ0) is 17.5. The molecule has 0 saturated carbocycles. The molecule has 24 heavy (non-hydrogen) atoms. The molecule has 1 amide bonds. The number of carbonyl (C=O) groups is 1. The normalized spacial score (nSPS) is 12.4. The maximum absolute atomic E-state index is 12.4. The molecule has 2 aromatic carbocycles. The molecule has 0 radical (unpaired) electrons. The van der Waals surface area contributed by atoms with Crippen LogP contribution in [0.2, 0.25) is 0 Å². The zero-order valence-electron chi connectivity index (χ0n) is 13.5. The van der Waals surface area contributed by atoms with Crippen LogP contribution >= 0.6 is 0 Å². The van der Waals surface area contributed by atoms with Crippen LogP contribution in [0, 0.1) is 6.92 Å². The van der Waals surface area contributed by atoms with Gasteiger partial charge in [-0.15, -0.1) is 0 Å². The van der Waals surface area contributed by atoms with Gasteiger partial charge in [0.25, 0.3) is 0 Å². The van der Waals surface area contributed by atoms with Gasteiger partial charge in [0.15, 0.2) is 0 Å². The van der Waals surface area contributed by atoms with Crippen LogP contribution in [0.3, 0.4) is 0 Å². The standard InChI is InChI=1S/C19H19F2NO2/c1-13-7-3-5-9-16(13)14(2)22-18(23)12-11-15-8-4-6-10-17(15)24-19(20)21/h3-12,14,19H,1-2H3,(H,22,23)/b12-11+. The summed E-state index contributed by atoms with van der Waals surface area (Å²) in [5, 5.41) is 2.85. The van der Waals surface area contributed by atoms with E-state index in [4.69, 9.17) is 0 Å². The second-order valence-corrected chi connectivity index (χ2v) is 5.34. The number of aryl methyl sites for hydroxylation is 1. The van der Waals surface area contributed by atoms with Crippen LogP contribution in [0.25, 0.3) is 6.08 Å². The lowest BCUT2D eigenvalue weighted by molar-refractivity contribution is -0.117. The van der Waals surface area contributed by atoms with Gasteiger partial charge in [0.05, 0.1) is 6.04 Å². The lowest BCUT2D eigenvalue weighted by atomic mass is 10.0. The van der Waals surface area contributed by atoms with Crippen molar-refractivity contribution in [2.45, 2.75) is 26.5 Å². The van der Waals surface area contributed by atoms with Gasteiger partial charge < -0.3 is 10.1 Å². The van der Waals surface area contributed by atoms with E-state index in [-0.39, 0.29) is 17.7 Å². The lowest BCUT2D eigenvalue weighted by Gasteiger charge is -2.15. The average Bonchev–Trinajstić information content (AvgIpc) is 2.54. The van der Waals surface area contributed by atoms with Gasteiger partial charge in [0.1, 0.15) is 5.75 Å². The third kappa shape index (κ3) is 4.91. The highest BCUT2D eigenvalue weighted by molar-refractivity contribution is 5.92. The van der Waals surface area contributed by atoms with Crippen molar-refractivity contribution in [1.29, 1.82) is 0 Å². The molecule has 0 aliphatic rings. The molecule has 0 fully saturated rings. The number of rotatable bonds is 6. The van der Waals surface area contributed by atoms with Gasteiger partial charge in [-0.25, -0.2) is 0 Å². The molecule has 5 heteroatoms. The largest absolute Gasteiger partial charge is 0.434 e. The Morgan fingerprint density at radius 3 is 2.50 bits per heavy atom. The predicted molar refractivity (Wildman–Crippen MR) is 89.8 cm³/mol. The first-order valence-corrected chi connectivity index (χ1v) is 7.55. The molecule has 1 atom stereocenters. The molecular formula is C19H19F2NO2. The van der Waals surface area contributed by atoms with Gasteiger partial charge in [-0.1, -0.05) is 42.5 Å². The van der Waals surface area contributed by atoms with E-state index in [1.54, 1.807) is 18.2 Å². The molecule has 1 unspecified atom stereocenters. The first kappa shape index (κ1) is 17.7. The van der Waals surface area contributed by atoms with Gasteiger partial charge in [0, 0.05) is 11.6 Å². The lowest BCUT2D eigenvalue weighted by Crippen LogP contribution is -2.25. The number of hydrogen-bond donors (Lipinski definition) is 1. The summed E-state index contributed by atoms with van der Waals surface area (Å²) in [7, 11) is 0. The predicted octanol–water partition coefficient (Wildman–Crippen LogP) is 4.49. The first-order chi connectivity index (χ1) is 11.5. The number of para-hydroxylation sites is 1. The van der Waals surface area contributed by atoms with Crippen molar-refractivity contribution < 1.29 is 18.3 Å². The first-order valence-electron chi connectivity index (χ1n) is 7.55. The highest BCUT2D eigenvalue weighted by Gasteiger charge is 2.10. The number of amides is 1.